The van der Waals surface area contributed by atoms with Gasteiger partial charge in [0.1, 0.15) is 0 Å². The van der Waals surface area contributed by atoms with Gasteiger partial charge in [0.05, 0.1) is 0 Å². The van der Waals surface area contributed by atoms with Crippen LogP contribution in [-0.2, 0) is 18.8 Å². The summed E-state index contributed by atoms with van der Waals surface area (Å²) in [5.74, 6) is 0. The molecule has 0 bridgehead atoms. The fourth-order valence-electron chi connectivity index (χ4n) is 0.262. The zero-order chi connectivity index (χ0) is 7.07. The van der Waals surface area contributed by atoms with E-state index in [1.54, 1.807) is 0 Å². The highest BCUT2D eigenvalue weighted by Gasteiger charge is 2.28. The zero-order valence-electron chi connectivity index (χ0n) is 3.80. The third kappa shape index (κ3) is 1.41. The molecule has 1 heterocycles. The van der Waals surface area contributed by atoms with E-state index in [4.69, 9.17) is 23.2 Å². The molecule has 0 aliphatic carbocycles. The van der Waals surface area contributed by atoms with Gasteiger partial charge in [0.25, 0.3) is 10.4 Å². The molecule has 0 saturated heterocycles. The molecule has 1 aliphatic rings. The van der Waals surface area contributed by atoms with Gasteiger partial charge >= 0.3 is 10.4 Å². The van der Waals surface area contributed by atoms with Crippen molar-refractivity contribution in [1.82, 2.24) is 0 Å². The van der Waals surface area contributed by atoms with Crippen LogP contribution in [-0.4, -0.2) is 8.42 Å². The summed E-state index contributed by atoms with van der Waals surface area (Å²) in [6.45, 7) is 0. The van der Waals surface area contributed by atoms with Crippen LogP contribution in [0.25, 0.3) is 0 Å². The molecule has 0 aromatic rings. The van der Waals surface area contributed by atoms with Crippen molar-refractivity contribution < 1.29 is 16.8 Å². The largest absolute Gasteiger partial charge is 0.503 e. The molecule has 7 heteroatoms. The Kier molecular flexibility index (Phi) is 1.50. The lowest BCUT2D eigenvalue weighted by Crippen LogP contribution is -1.96. The molecule has 0 N–H and O–H groups in total. The SMILES string of the molecule is O=S1(=O)OC(Cl)=C(Cl)O1. The molecule has 9 heavy (non-hydrogen) atoms. The summed E-state index contributed by atoms with van der Waals surface area (Å²) in [4.78, 5) is 0. The van der Waals surface area contributed by atoms with Gasteiger partial charge in [-0.1, -0.05) is 0 Å². The summed E-state index contributed by atoms with van der Waals surface area (Å²) in [5, 5.41) is -0.923. The van der Waals surface area contributed by atoms with Gasteiger partial charge in [-0.15, -0.1) is 8.42 Å². The molecule has 0 fully saturated rings. The van der Waals surface area contributed by atoms with Crippen LogP contribution in [0.3, 0.4) is 0 Å². The van der Waals surface area contributed by atoms with Gasteiger partial charge in [-0.3, -0.25) is 0 Å². The summed E-state index contributed by atoms with van der Waals surface area (Å²) in [6.07, 6.45) is 0. The predicted molar refractivity (Wildman–Crippen MR) is 29.8 cm³/mol. The first-order valence-corrected chi connectivity index (χ1v) is 3.79. The highest BCUT2D eigenvalue weighted by Crippen LogP contribution is 2.28. The maximum absolute atomic E-state index is 10.2. The molecule has 0 spiro atoms. The van der Waals surface area contributed by atoms with E-state index in [0.29, 0.717) is 0 Å². The Balaban J connectivity index is 2.95. The summed E-state index contributed by atoms with van der Waals surface area (Å²) in [6, 6.07) is 0. The Morgan fingerprint density at radius 3 is 1.56 bits per heavy atom. The minimum atomic E-state index is -3.98. The molecule has 1 aliphatic heterocycles. The molecule has 0 amide bonds. The highest BCUT2D eigenvalue weighted by atomic mass is 35.5. The van der Waals surface area contributed by atoms with Crippen LogP contribution in [0.4, 0.5) is 0 Å². The second kappa shape index (κ2) is 1.93. The van der Waals surface area contributed by atoms with Crippen LogP contribution in [0.15, 0.2) is 10.4 Å². The molecule has 0 atom stereocenters. The van der Waals surface area contributed by atoms with E-state index >= 15 is 0 Å². The highest BCUT2D eigenvalue weighted by molar-refractivity contribution is 7.82. The third-order valence-electron chi connectivity index (χ3n) is 0.505. The summed E-state index contributed by atoms with van der Waals surface area (Å²) in [7, 11) is -3.98. The van der Waals surface area contributed by atoms with Crippen molar-refractivity contribution in [3.8, 4) is 0 Å². The van der Waals surface area contributed by atoms with Crippen molar-refractivity contribution in [2.45, 2.75) is 0 Å². The molecule has 0 saturated carbocycles. The van der Waals surface area contributed by atoms with Gasteiger partial charge in [0, 0.05) is 0 Å². The molecule has 0 unspecified atom stereocenters. The van der Waals surface area contributed by atoms with Gasteiger partial charge < -0.3 is 8.37 Å². The van der Waals surface area contributed by atoms with Crippen LogP contribution < -0.4 is 0 Å². The van der Waals surface area contributed by atoms with Gasteiger partial charge in [0.15, 0.2) is 0 Å². The fraction of sp³-hybridized carbons (Fsp3) is 0. The minimum Gasteiger partial charge on any atom is -0.335 e. The number of hydrogen-bond acceptors (Lipinski definition) is 4. The Morgan fingerprint density at radius 1 is 1.11 bits per heavy atom. The smallest absolute Gasteiger partial charge is 0.335 e. The first-order chi connectivity index (χ1) is 4.01. The molecule has 52 valence electrons. The zero-order valence-corrected chi connectivity index (χ0v) is 6.13. The van der Waals surface area contributed by atoms with E-state index < -0.39 is 20.8 Å². The van der Waals surface area contributed by atoms with Crippen molar-refractivity contribution in [2.24, 2.45) is 0 Å². The van der Waals surface area contributed by atoms with Crippen LogP contribution in [0.5, 0.6) is 0 Å². The fourth-order valence-corrected chi connectivity index (χ4v) is 1.44. The first-order valence-electron chi connectivity index (χ1n) is 1.70. The van der Waals surface area contributed by atoms with Crippen LogP contribution in [0.1, 0.15) is 0 Å². The van der Waals surface area contributed by atoms with Gasteiger partial charge in [-0.25, -0.2) is 0 Å². The number of hydrogen-bond donors (Lipinski definition) is 0. The molecule has 0 radical (unpaired) electrons. The number of halogens is 2. The van der Waals surface area contributed by atoms with E-state index in [0.717, 1.165) is 0 Å². The minimum absolute atomic E-state index is 0.461. The van der Waals surface area contributed by atoms with Gasteiger partial charge in [-0.2, -0.15) is 0 Å². The summed E-state index contributed by atoms with van der Waals surface area (Å²) in [5.41, 5.74) is 0. The summed E-state index contributed by atoms with van der Waals surface area (Å²) < 4.78 is 28.2. The lowest BCUT2D eigenvalue weighted by Gasteiger charge is -1.88. The van der Waals surface area contributed by atoms with Crippen molar-refractivity contribution in [1.29, 1.82) is 0 Å². The molecule has 0 aromatic heterocycles. The van der Waals surface area contributed by atoms with Crippen LogP contribution in [0, 0.1) is 0 Å². The average Bonchev–Trinajstić information content (AvgIpc) is 1.79. The second-order valence-corrected chi connectivity index (χ2v) is 2.96. The predicted octanol–water partition coefficient (Wildman–Crippen LogP) is 0.882. The van der Waals surface area contributed by atoms with Crippen molar-refractivity contribution in [3.05, 3.63) is 10.4 Å². The van der Waals surface area contributed by atoms with E-state index in [1.807, 2.05) is 0 Å². The van der Waals surface area contributed by atoms with Crippen LogP contribution >= 0.6 is 23.2 Å². The molecular formula is C2Cl2O4S. The van der Waals surface area contributed by atoms with E-state index in [-0.39, 0.29) is 0 Å². The van der Waals surface area contributed by atoms with Crippen LogP contribution in [0.2, 0.25) is 0 Å². The maximum Gasteiger partial charge on any atom is 0.503 e. The Hall–Kier alpha value is -0.130. The van der Waals surface area contributed by atoms with Gasteiger partial charge in [-0.05, 0) is 23.2 Å². The standard InChI is InChI=1S/C2Cl2O4S/c3-1-2(4)8-9(5,6)7-1. The van der Waals surface area contributed by atoms with E-state index in [2.05, 4.69) is 8.37 Å². The van der Waals surface area contributed by atoms with E-state index in [1.165, 1.54) is 0 Å². The molecular weight excluding hydrogens is 191 g/mol. The summed E-state index contributed by atoms with van der Waals surface area (Å²) >= 11 is 10.1. The van der Waals surface area contributed by atoms with E-state index in [9.17, 15) is 8.42 Å². The third-order valence-corrected chi connectivity index (χ3v) is 2.02. The van der Waals surface area contributed by atoms with Crippen molar-refractivity contribution in [2.75, 3.05) is 0 Å². The Morgan fingerprint density at radius 2 is 1.44 bits per heavy atom. The van der Waals surface area contributed by atoms with Crippen molar-refractivity contribution in [3.63, 3.8) is 0 Å². The lowest BCUT2D eigenvalue weighted by molar-refractivity contribution is 0.373. The molecule has 1 rings (SSSR count). The lowest BCUT2D eigenvalue weighted by atomic mass is 11.1. The molecule has 0 aromatic carbocycles. The topological polar surface area (TPSA) is 52.6 Å². The quantitative estimate of drug-likeness (QED) is 0.570. The van der Waals surface area contributed by atoms with Gasteiger partial charge in [0.2, 0.25) is 0 Å². The first kappa shape index (κ1) is 6.98. The Bertz CT molecular complexity index is 232. The normalized spacial score (nSPS) is 23.3. The molecule has 4 nitrogen and oxygen atoms in total. The van der Waals surface area contributed by atoms with Crippen molar-refractivity contribution >= 4 is 33.6 Å². The maximum atomic E-state index is 10.2. The average molecular weight is 191 g/mol. The second-order valence-electron chi connectivity index (χ2n) is 1.12. The number of rotatable bonds is 0. The monoisotopic (exact) mass is 190 g/mol. The Labute approximate surface area is 61.3 Å².